The fraction of sp³-hybridized carbons (Fsp3) is 0.0667. The number of carbonyl (C=O) groups excluding carboxylic acids is 2. The Labute approximate surface area is 138 Å². The van der Waals surface area contributed by atoms with E-state index in [9.17, 15) is 9.59 Å². The van der Waals surface area contributed by atoms with Gasteiger partial charge in [-0.15, -0.1) is 0 Å². The van der Waals surface area contributed by atoms with Crippen molar-refractivity contribution in [3.8, 4) is 5.75 Å². The highest BCUT2D eigenvalue weighted by Gasteiger charge is 2.12. The summed E-state index contributed by atoms with van der Waals surface area (Å²) in [5, 5.41) is 2.70. The Balaban J connectivity index is 2.03. The summed E-state index contributed by atoms with van der Waals surface area (Å²) in [5.74, 6) is 0.0456. The minimum Gasteiger partial charge on any atom is -0.482 e. The minimum atomic E-state index is -0.298. The molecular formula is C15H11Br2NO3. The Morgan fingerprint density at radius 3 is 2.57 bits per heavy atom. The van der Waals surface area contributed by atoms with Gasteiger partial charge in [-0.25, -0.2) is 0 Å². The van der Waals surface area contributed by atoms with Crippen molar-refractivity contribution in [2.45, 2.75) is 0 Å². The van der Waals surface area contributed by atoms with E-state index in [1.54, 1.807) is 24.3 Å². The zero-order valence-electron chi connectivity index (χ0n) is 10.8. The standard InChI is InChI=1S/C15H11Br2NO3/c16-11-6-10(8-19)15(13(17)7-11)21-9-14(20)18-12-4-2-1-3-5-12/h1-8H,9H2,(H,18,20). The van der Waals surface area contributed by atoms with E-state index in [-0.39, 0.29) is 12.5 Å². The molecule has 0 radical (unpaired) electrons. The van der Waals surface area contributed by atoms with Crippen molar-refractivity contribution < 1.29 is 14.3 Å². The van der Waals surface area contributed by atoms with Crippen LogP contribution in [0.5, 0.6) is 5.75 Å². The number of aldehydes is 1. The Kier molecular flexibility index (Phi) is 5.52. The first kappa shape index (κ1) is 15.7. The molecule has 21 heavy (non-hydrogen) atoms. The van der Waals surface area contributed by atoms with Gasteiger partial charge in [-0.3, -0.25) is 9.59 Å². The average Bonchev–Trinajstić information content (AvgIpc) is 2.46. The maximum Gasteiger partial charge on any atom is 0.262 e. The SMILES string of the molecule is O=Cc1cc(Br)cc(Br)c1OCC(=O)Nc1ccccc1. The first-order chi connectivity index (χ1) is 10.1. The Morgan fingerprint density at radius 1 is 1.19 bits per heavy atom. The first-order valence-electron chi connectivity index (χ1n) is 6.02. The fourth-order valence-electron chi connectivity index (χ4n) is 1.68. The van der Waals surface area contributed by atoms with Crippen LogP contribution in [-0.4, -0.2) is 18.8 Å². The Hall–Kier alpha value is -1.66. The second-order valence-electron chi connectivity index (χ2n) is 4.13. The number of nitrogens with one attached hydrogen (secondary N) is 1. The van der Waals surface area contributed by atoms with Gasteiger partial charge in [0.1, 0.15) is 5.75 Å². The highest BCUT2D eigenvalue weighted by Crippen LogP contribution is 2.31. The molecule has 6 heteroatoms. The van der Waals surface area contributed by atoms with Gasteiger partial charge in [-0.1, -0.05) is 34.1 Å². The highest BCUT2D eigenvalue weighted by atomic mass is 79.9. The third-order valence-corrected chi connectivity index (χ3v) is 3.62. The van der Waals surface area contributed by atoms with Crippen molar-refractivity contribution in [2.24, 2.45) is 0 Å². The lowest BCUT2D eigenvalue weighted by molar-refractivity contribution is -0.118. The molecule has 2 rings (SSSR count). The first-order valence-corrected chi connectivity index (χ1v) is 7.60. The molecule has 2 aromatic rings. The third kappa shape index (κ3) is 4.41. The molecular weight excluding hydrogens is 402 g/mol. The molecule has 0 saturated carbocycles. The number of amides is 1. The average molecular weight is 413 g/mol. The van der Waals surface area contributed by atoms with Crippen LogP contribution in [0, 0.1) is 0 Å². The van der Waals surface area contributed by atoms with Crippen molar-refractivity contribution in [3.63, 3.8) is 0 Å². The summed E-state index contributed by atoms with van der Waals surface area (Å²) < 4.78 is 6.79. The van der Waals surface area contributed by atoms with Gasteiger partial charge in [-0.05, 0) is 40.2 Å². The predicted octanol–water partition coefficient (Wildman–Crippen LogP) is 4.04. The normalized spacial score (nSPS) is 10.0. The fourth-order valence-corrected chi connectivity index (χ4v) is 3.05. The Bertz CT molecular complexity index is 659. The van der Waals surface area contributed by atoms with E-state index in [0.29, 0.717) is 27.8 Å². The molecule has 108 valence electrons. The van der Waals surface area contributed by atoms with E-state index in [0.717, 1.165) is 4.47 Å². The molecule has 0 fully saturated rings. The lowest BCUT2D eigenvalue weighted by Crippen LogP contribution is -2.20. The molecule has 2 aromatic carbocycles. The minimum absolute atomic E-state index is 0.185. The third-order valence-electron chi connectivity index (χ3n) is 2.57. The smallest absolute Gasteiger partial charge is 0.262 e. The van der Waals surface area contributed by atoms with Crippen molar-refractivity contribution in [1.29, 1.82) is 0 Å². The molecule has 0 bridgehead atoms. The van der Waals surface area contributed by atoms with Crippen LogP contribution >= 0.6 is 31.9 Å². The molecule has 4 nitrogen and oxygen atoms in total. The van der Waals surface area contributed by atoms with Crippen LogP contribution in [0.1, 0.15) is 10.4 Å². The van der Waals surface area contributed by atoms with Gasteiger partial charge in [0.05, 0.1) is 10.0 Å². The van der Waals surface area contributed by atoms with Crippen molar-refractivity contribution in [3.05, 3.63) is 57.0 Å². The molecule has 0 saturated heterocycles. The van der Waals surface area contributed by atoms with E-state index in [2.05, 4.69) is 37.2 Å². The van der Waals surface area contributed by atoms with Crippen LogP contribution in [0.3, 0.4) is 0 Å². The molecule has 0 atom stereocenters. The number of hydrogen-bond donors (Lipinski definition) is 1. The number of anilines is 1. The van der Waals surface area contributed by atoms with E-state index >= 15 is 0 Å². The van der Waals surface area contributed by atoms with Gasteiger partial charge < -0.3 is 10.1 Å². The maximum atomic E-state index is 11.8. The molecule has 0 aromatic heterocycles. The van der Waals surface area contributed by atoms with E-state index in [1.807, 2.05) is 18.2 Å². The van der Waals surface area contributed by atoms with Crippen molar-refractivity contribution in [1.82, 2.24) is 0 Å². The zero-order valence-corrected chi connectivity index (χ0v) is 14.0. The summed E-state index contributed by atoms with van der Waals surface area (Å²) in [5.41, 5.74) is 1.06. The molecule has 0 heterocycles. The van der Waals surface area contributed by atoms with E-state index in [4.69, 9.17) is 4.74 Å². The maximum absolute atomic E-state index is 11.8. The summed E-state index contributed by atoms with van der Waals surface area (Å²) in [6.07, 6.45) is 0.681. The van der Waals surface area contributed by atoms with E-state index < -0.39 is 0 Å². The highest BCUT2D eigenvalue weighted by molar-refractivity contribution is 9.11. The lowest BCUT2D eigenvalue weighted by atomic mass is 10.2. The van der Waals surface area contributed by atoms with Crippen LogP contribution < -0.4 is 10.1 Å². The molecule has 0 unspecified atom stereocenters. The quantitative estimate of drug-likeness (QED) is 0.754. The van der Waals surface area contributed by atoms with Crippen LogP contribution in [-0.2, 0) is 4.79 Å². The monoisotopic (exact) mass is 411 g/mol. The summed E-state index contributed by atoms with van der Waals surface area (Å²) in [4.78, 5) is 22.9. The lowest BCUT2D eigenvalue weighted by Gasteiger charge is -2.11. The van der Waals surface area contributed by atoms with Gasteiger partial charge in [0, 0.05) is 10.2 Å². The molecule has 1 amide bonds. The van der Waals surface area contributed by atoms with Crippen molar-refractivity contribution in [2.75, 3.05) is 11.9 Å². The van der Waals surface area contributed by atoms with Gasteiger partial charge in [0.15, 0.2) is 12.9 Å². The topological polar surface area (TPSA) is 55.4 Å². The summed E-state index contributed by atoms with van der Waals surface area (Å²) in [6.45, 7) is -0.185. The van der Waals surface area contributed by atoms with Gasteiger partial charge in [-0.2, -0.15) is 0 Å². The van der Waals surface area contributed by atoms with E-state index in [1.165, 1.54) is 0 Å². The van der Waals surface area contributed by atoms with Gasteiger partial charge in [0.2, 0.25) is 0 Å². The second-order valence-corrected chi connectivity index (χ2v) is 5.90. The number of para-hydroxylation sites is 1. The van der Waals surface area contributed by atoms with Gasteiger partial charge >= 0.3 is 0 Å². The summed E-state index contributed by atoms with van der Waals surface area (Å²) in [7, 11) is 0. The summed E-state index contributed by atoms with van der Waals surface area (Å²) >= 11 is 6.60. The largest absolute Gasteiger partial charge is 0.482 e. The Morgan fingerprint density at radius 2 is 1.90 bits per heavy atom. The number of rotatable bonds is 5. The number of halogens is 2. The van der Waals surface area contributed by atoms with Crippen LogP contribution in [0.15, 0.2) is 51.4 Å². The van der Waals surface area contributed by atoms with Crippen LogP contribution in [0.4, 0.5) is 5.69 Å². The van der Waals surface area contributed by atoms with Crippen LogP contribution in [0.25, 0.3) is 0 Å². The molecule has 1 N–H and O–H groups in total. The summed E-state index contributed by atoms with van der Waals surface area (Å²) in [6, 6.07) is 12.5. The molecule has 0 spiro atoms. The van der Waals surface area contributed by atoms with Crippen LogP contribution in [0.2, 0.25) is 0 Å². The second kappa shape index (κ2) is 7.38. The molecule has 0 aliphatic rings. The predicted molar refractivity (Wildman–Crippen MR) is 87.8 cm³/mol. The molecule has 0 aliphatic carbocycles. The van der Waals surface area contributed by atoms with Gasteiger partial charge in [0.25, 0.3) is 5.91 Å². The molecule has 0 aliphatic heterocycles. The van der Waals surface area contributed by atoms with Crippen molar-refractivity contribution >= 4 is 49.7 Å². The zero-order chi connectivity index (χ0) is 15.2. The number of carbonyl (C=O) groups is 2. The number of hydrogen-bond acceptors (Lipinski definition) is 3. The number of ether oxygens (including phenoxy) is 1. The number of benzene rings is 2.